The number of hydrogen-bond acceptors (Lipinski definition) is 3. The number of fused-ring (bicyclic) bond motifs is 2. The summed E-state index contributed by atoms with van der Waals surface area (Å²) >= 11 is 0. The lowest BCUT2D eigenvalue weighted by Gasteiger charge is -2.50. The van der Waals surface area contributed by atoms with E-state index in [9.17, 15) is 0 Å². The number of aryl methyl sites for hydroxylation is 1. The molecule has 0 aliphatic carbocycles. The Balaban J connectivity index is 1.90. The third-order valence-corrected chi connectivity index (χ3v) is 4.64. The minimum absolute atomic E-state index is 0.702. The molecule has 2 aliphatic rings. The van der Waals surface area contributed by atoms with Crippen molar-refractivity contribution in [3.05, 3.63) is 24.0 Å². The van der Waals surface area contributed by atoms with Gasteiger partial charge in [-0.2, -0.15) is 0 Å². The predicted octanol–water partition coefficient (Wildman–Crippen LogP) is 2.50. The van der Waals surface area contributed by atoms with E-state index in [2.05, 4.69) is 41.3 Å². The summed E-state index contributed by atoms with van der Waals surface area (Å²) in [6, 6.07) is 6.43. The maximum atomic E-state index is 4.46. The number of piperidine rings is 2. The van der Waals surface area contributed by atoms with E-state index in [1.165, 1.54) is 43.5 Å². The second-order valence-corrected chi connectivity index (χ2v) is 5.71. The van der Waals surface area contributed by atoms with Gasteiger partial charge in [-0.1, -0.05) is 0 Å². The highest BCUT2D eigenvalue weighted by atomic mass is 15.2. The predicted molar refractivity (Wildman–Crippen MR) is 75.0 cm³/mol. The van der Waals surface area contributed by atoms with Gasteiger partial charge in [0, 0.05) is 24.3 Å². The van der Waals surface area contributed by atoms with Gasteiger partial charge in [0.2, 0.25) is 0 Å². The molecule has 2 unspecified atom stereocenters. The zero-order valence-electron chi connectivity index (χ0n) is 11.4. The first-order valence-corrected chi connectivity index (χ1v) is 7.17. The Labute approximate surface area is 110 Å². The molecule has 0 saturated carbocycles. The molecule has 3 nitrogen and oxygen atoms in total. The van der Waals surface area contributed by atoms with Crippen LogP contribution in [0.5, 0.6) is 0 Å². The van der Waals surface area contributed by atoms with Crippen LogP contribution in [-0.2, 0) is 0 Å². The molecule has 1 aromatic rings. The molecule has 2 bridgehead atoms. The second kappa shape index (κ2) is 4.88. The van der Waals surface area contributed by atoms with Crippen LogP contribution >= 0.6 is 0 Å². The Morgan fingerprint density at radius 2 is 2.00 bits per heavy atom. The zero-order valence-corrected chi connectivity index (χ0v) is 11.4. The van der Waals surface area contributed by atoms with Gasteiger partial charge in [-0.05, 0) is 58.2 Å². The highest BCUT2D eigenvalue weighted by Gasteiger charge is 2.38. The van der Waals surface area contributed by atoms with Gasteiger partial charge in [-0.25, -0.2) is 0 Å². The molecule has 2 atom stereocenters. The van der Waals surface area contributed by atoms with Gasteiger partial charge >= 0.3 is 0 Å². The highest BCUT2D eigenvalue weighted by Crippen LogP contribution is 2.38. The van der Waals surface area contributed by atoms with Gasteiger partial charge < -0.3 is 10.2 Å². The highest BCUT2D eigenvalue weighted by molar-refractivity contribution is 5.53. The van der Waals surface area contributed by atoms with Crippen molar-refractivity contribution in [2.75, 3.05) is 11.9 Å². The van der Waals surface area contributed by atoms with E-state index in [0.717, 1.165) is 0 Å². The maximum absolute atomic E-state index is 4.46. The fourth-order valence-corrected chi connectivity index (χ4v) is 3.76. The molecule has 18 heavy (non-hydrogen) atoms. The molecule has 3 heterocycles. The smallest absolute Gasteiger partial charge is 0.0605 e. The average Bonchev–Trinajstić information content (AvgIpc) is 2.38. The SMILES string of the molecule is CNC1CC2CCCC(C1)N2c1cccnc1C. The first-order chi connectivity index (χ1) is 8.79. The third-order valence-electron chi connectivity index (χ3n) is 4.64. The van der Waals surface area contributed by atoms with Gasteiger partial charge in [0.15, 0.2) is 0 Å². The number of hydrogen-bond donors (Lipinski definition) is 1. The molecule has 0 aromatic carbocycles. The number of aromatic nitrogens is 1. The Bertz CT molecular complexity index is 404. The van der Waals surface area contributed by atoms with E-state index in [-0.39, 0.29) is 0 Å². The van der Waals surface area contributed by atoms with Crippen LogP contribution in [-0.4, -0.2) is 30.2 Å². The van der Waals surface area contributed by atoms with E-state index in [1.54, 1.807) is 0 Å². The lowest BCUT2D eigenvalue weighted by molar-refractivity contribution is 0.252. The minimum Gasteiger partial charge on any atom is -0.364 e. The number of pyridine rings is 1. The molecule has 98 valence electrons. The van der Waals surface area contributed by atoms with Crippen molar-refractivity contribution in [3.63, 3.8) is 0 Å². The first-order valence-electron chi connectivity index (χ1n) is 7.17. The van der Waals surface area contributed by atoms with Crippen LogP contribution in [0.3, 0.4) is 0 Å². The summed E-state index contributed by atoms with van der Waals surface area (Å²) in [6.45, 7) is 2.13. The van der Waals surface area contributed by atoms with Crippen LogP contribution in [0.1, 0.15) is 37.8 Å². The van der Waals surface area contributed by atoms with Crippen molar-refractivity contribution in [2.24, 2.45) is 0 Å². The monoisotopic (exact) mass is 245 g/mol. The van der Waals surface area contributed by atoms with Crippen LogP contribution in [0.25, 0.3) is 0 Å². The second-order valence-electron chi connectivity index (χ2n) is 5.71. The van der Waals surface area contributed by atoms with Crippen molar-refractivity contribution in [3.8, 4) is 0 Å². The number of anilines is 1. The molecule has 2 aliphatic heterocycles. The number of nitrogens with one attached hydrogen (secondary N) is 1. The Hall–Kier alpha value is -1.09. The van der Waals surface area contributed by atoms with Gasteiger partial charge in [0.25, 0.3) is 0 Å². The third kappa shape index (κ3) is 2.01. The van der Waals surface area contributed by atoms with Crippen molar-refractivity contribution in [1.29, 1.82) is 0 Å². The summed E-state index contributed by atoms with van der Waals surface area (Å²) in [5.41, 5.74) is 2.54. The fraction of sp³-hybridized carbons (Fsp3) is 0.667. The summed E-state index contributed by atoms with van der Waals surface area (Å²) in [4.78, 5) is 7.13. The largest absolute Gasteiger partial charge is 0.364 e. The van der Waals surface area contributed by atoms with Crippen LogP contribution in [0, 0.1) is 6.92 Å². The van der Waals surface area contributed by atoms with E-state index < -0.39 is 0 Å². The molecule has 0 spiro atoms. The van der Waals surface area contributed by atoms with Crippen molar-refractivity contribution in [2.45, 2.75) is 57.2 Å². The summed E-state index contributed by atoms with van der Waals surface area (Å²) < 4.78 is 0. The lowest BCUT2D eigenvalue weighted by Crippen LogP contribution is -2.56. The molecular weight excluding hydrogens is 222 g/mol. The Morgan fingerprint density at radius 3 is 2.61 bits per heavy atom. The van der Waals surface area contributed by atoms with E-state index in [1.807, 2.05) is 6.20 Å². The number of nitrogens with zero attached hydrogens (tertiary/aromatic N) is 2. The molecule has 1 aromatic heterocycles. The van der Waals surface area contributed by atoms with Gasteiger partial charge in [-0.15, -0.1) is 0 Å². The summed E-state index contributed by atoms with van der Waals surface area (Å²) in [5.74, 6) is 0. The molecule has 3 rings (SSSR count). The van der Waals surface area contributed by atoms with Crippen molar-refractivity contribution < 1.29 is 0 Å². The van der Waals surface area contributed by atoms with E-state index in [4.69, 9.17) is 0 Å². The molecule has 0 radical (unpaired) electrons. The minimum atomic E-state index is 0.702. The van der Waals surface area contributed by atoms with Crippen LogP contribution in [0.15, 0.2) is 18.3 Å². The summed E-state index contributed by atoms with van der Waals surface area (Å²) in [7, 11) is 2.10. The summed E-state index contributed by atoms with van der Waals surface area (Å²) in [5, 5.41) is 3.48. The average molecular weight is 245 g/mol. The standard InChI is InChI=1S/C15H23N3/c1-11-15(7-4-8-17-11)18-13-5-3-6-14(18)10-12(9-13)16-2/h4,7-8,12-14,16H,3,5-6,9-10H2,1-2H3. The molecule has 2 saturated heterocycles. The number of rotatable bonds is 2. The van der Waals surface area contributed by atoms with Gasteiger partial charge in [0.1, 0.15) is 0 Å². The Morgan fingerprint density at radius 1 is 1.28 bits per heavy atom. The van der Waals surface area contributed by atoms with Crippen LogP contribution in [0.4, 0.5) is 5.69 Å². The topological polar surface area (TPSA) is 28.2 Å². The van der Waals surface area contributed by atoms with Crippen LogP contribution in [0.2, 0.25) is 0 Å². The lowest BCUT2D eigenvalue weighted by atomic mass is 9.81. The molecule has 1 N–H and O–H groups in total. The van der Waals surface area contributed by atoms with Gasteiger partial charge in [-0.3, -0.25) is 4.98 Å². The van der Waals surface area contributed by atoms with Crippen molar-refractivity contribution in [1.82, 2.24) is 10.3 Å². The van der Waals surface area contributed by atoms with Gasteiger partial charge in [0.05, 0.1) is 11.4 Å². The molecule has 0 amide bonds. The normalized spacial score (nSPS) is 31.4. The summed E-state index contributed by atoms with van der Waals surface area (Å²) in [6.07, 6.45) is 8.52. The van der Waals surface area contributed by atoms with E-state index >= 15 is 0 Å². The molecular formula is C15H23N3. The quantitative estimate of drug-likeness (QED) is 0.867. The van der Waals surface area contributed by atoms with Crippen LogP contribution < -0.4 is 10.2 Å². The molecule has 3 heteroatoms. The maximum Gasteiger partial charge on any atom is 0.0605 e. The molecule has 2 fully saturated rings. The first kappa shape index (κ1) is 12.0. The zero-order chi connectivity index (χ0) is 12.5. The van der Waals surface area contributed by atoms with Crippen molar-refractivity contribution >= 4 is 5.69 Å². The fourth-order valence-electron chi connectivity index (χ4n) is 3.76. The van der Waals surface area contributed by atoms with E-state index in [0.29, 0.717) is 18.1 Å². The Kier molecular flexibility index (Phi) is 3.25.